The second-order valence-corrected chi connectivity index (χ2v) is 5.12. The lowest BCUT2D eigenvalue weighted by Crippen LogP contribution is -2.48. The number of nitrogens with one attached hydrogen (secondary N) is 1. The van der Waals surface area contributed by atoms with E-state index in [-0.39, 0.29) is 5.91 Å². The minimum atomic E-state index is -0.480. The maximum absolute atomic E-state index is 11.7. The second kappa shape index (κ2) is 4.55. The quantitative estimate of drug-likeness (QED) is 0.865. The van der Waals surface area contributed by atoms with Gasteiger partial charge in [-0.25, -0.2) is 0 Å². The molecule has 0 aliphatic carbocycles. The van der Waals surface area contributed by atoms with Crippen molar-refractivity contribution in [1.82, 2.24) is 5.32 Å². The van der Waals surface area contributed by atoms with Crippen LogP contribution >= 0.6 is 15.9 Å². The van der Waals surface area contributed by atoms with Crippen LogP contribution in [0.1, 0.15) is 18.4 Å². The molecule has 0 radical (unpaired) electrons. The molecule has 16 heavy (non-hydrogen) atoms. The van der Waals surface area contributed by atoms with Gasteiger partial charge in [-0.1, -0.05) is 28.1 Å². The van der Waals surface area contributed by atoms with Crippen LogP contribution < -0.4 is 11.1 Å². The van der Waals surface area contributed by atoms with Crippen molar-refractivity contribution in [3.05, 3.63) is 34.3 Å². The fourth-order valence-corrected chi connectivity index (χ4v) is 2.56. The van der Waals surface area contributed by atoms with E-state index < -0.39 is 5.41 Å². The Morgan fingerprint density at radius 3 is 2.31 bits per heavy atom. The highest BCUT2D eigenvalue weighted by Gasteiger charge is 2.39. The Bertz CT molecular complexity index is 383. The largest absolute Gasteiger partial charge is 0.369 e. The number of primary amides is 1. The zero-order chi connectivity index (χ0) is 11.6. The van der Waals surface area contributed by atoms with Crippen LogP contribution in [-0.2, 0) is 10.2 Å². The van der Waals surface area contributed by atoms with Crippen LogP contribution in [0, 0.1) is 0 Å². The summed E-state index contributed by atoms with van der Waals surface area (Å²) in [5, 5.41) is 3.26. The van der Waals surface area contributed by atoms with E-state index in [9.17, 15) is 4.79 Å². The number of hydrogen-bond donors (Lipinski definition) is 2. The van der Waals surface area contributed by atoms with Gasteiger partial charge in [0.2, 0.25) is 5.91 Å². The topological polar surface area (TPSA) is 55.1 Å². The van der Waals surface area contributed by atoms with Gasteiger partial charge in [0.05, 0.1) is 5.41 Å². The summed E-state index contributed by atoms with van der Waals surface area (Å²) in [6.07, 6.45) is 1.56. The molecule has 0 saturated carbocycles. The van der Waals surface area contributed by atoms with Crippen molar-refractivity contribution in [2.75, 3.05) is 13.1 Å². The number of carbonyl (C=O) groups is 1. The van der Waals surface area contributed by atoms with E-state index in [2.05, 4.69) is 21.2 Å². The molecule has 1 aliphatic heterocycles. The standard InChI is InChI=1S/C12H15BrN2O/c13-10-3-1-9(2-4-10)12(11(14)16)5-7-15-8-6-12/h1-4,15H,5-8H2,(H2,14,16). The third kappa shape index (κ3) is 1.99. The first-order valence-corrected chi connectivity index (χ1v) is 6.21. The van der Waals surface area contributed by atoms with Crippen LogP contribution in [0.2, 0.25) is 0 Å². The molecular formula is C12H15BrN2O. The first kappa shape index (κ1) is 11.6. The Hall–Kier alpha value is -0.870. The molecule has 0 spiro atoms. The first-order valence-electron chi connectivity index (χ1n) is 5.42. The Morgan fingerprint density at radius 1 is 1.25 bits per heavy atom. The molecule has 1 aromatic carbocycles. The summed E-state index contributed by atoms with van der Waals surface area (Å²) in [6, 6.07) is 7.89. The maximum Gasteiger partial charge on any atom is 0.228 e. The average Bonchev–Trinajstić information content (AvgIpc) is 2.30. The summed E-state index contributed by atoms with van der Waals surface area (Å²) in [5.74, 6) is -0.212. The highest BCUT2D eigenvalue weighted by Crippen LogP contribution is 2.33. The number of nitrogens with two attached hydrogens (primary N) is 1. The van der Waals surface area contributed by atoms with Crippen molar-refractivity contribution in [2.24, 2.45) is 5.73 Å². The van der Waals surface area contributed by atoms with E-state index in [0.29, 0.717) is 0 Å². The van der Waals surface area contributed by atoms with Crippen molar-refractivity contribution in [1.29, 1.82) is 0 Å². The van der Waals surface area contributed by atoms with Gasteiger partial charge in [-0.3, -0.25) is 4.79 Å². The summed E-state index contributed by atoms with van der Waals surface area (Å²) in [4.78, 5) is 11.7. The van der Waals surface area contributed by atoms with Crippen LogP contribution in [-0.4, -0.2) is 19.0 Å². The summed E-state index contributed by atoms with van der Waals surface area (Å²) in [6.45, 7) is 1.69. The summed E-state index contributed by atoms with van der Waals surface area (Å²) >= 11 is 3.40. The number of amides is 1. The van der Waals surface area contributed by atoms with Gasteiger partial charge in [-0.15, -0.1) is 0 Å². The van der Waals surface area contributed by atoms with Crippen molar-refractivity contribution >= 4 is 21.8 Å². The fourth-order valence-electron chi connectivity index (χ4n) is 2.30. The number of piperidine rings is 1. The van der Waals surface area contributed by atoms with Gasteiger partial charge in [0.1, 0.15) is 0 Å². The monoisotopic (exact) mass is 282 g/mol. The molecule has 1 fully saturated rings. The fraction of sp³-hybridized carbons (Fsp3) is 0.417. The van der Waals surface area contributed by atoms with Crippen molar-refractivity contribution < 1.29 is 4.79 Å². The van der Waals surface area contributed by atoms with Crippen molar-refractivity contribution in [3.63, 3.8) is 0 Å². The van der Waals surface area contributed by atoms with E-state index in [4.69, 9.17) is 5.73 Å². The lowest BCUT2D eigenvalue weighted by molar-refractivity contribution is -0.124. The minimum absolute atomic E-state index is 0.212. The van der Waals surface area contributed by atoms with Gasteiger partial charge in [-0.2, -0.15) is 0 Å². The molecule has 0 atom stereocenters. The predicted octanol–water partition coefficient (Wildman–Crippen LogP) is 1.56. The maximum atomic E-state index is 11.7. The van der Waals surface area contributed by atoms with E-state index in [1.54, 1.807) is 0 Å². The molecule has 2 rings (SSSR count). The molecule has 1 aliphatic rings. The van der Waals surface area contributed by atoms with Crippen molar-refractivity contribution in [3.8, 4) is 0 Å². The van der Waals surface area contributed by atoms with Crippen molar-refractivity contribution in [2.45, 2.75) is 18.3 Å². The Labute approximate surface area is 104 Å². The van der Waals surface area contributed by atoms with Gasteiger partial charge >= 0.3 is 0 Å². The lowest BCUT2D eigenvalue weighted by Gasteiger charge is -2.35. The number of halogens is 1. The molecular weight excluding hydrogens is 268 g/mol. The molecule has 0 aromatic heterocycles. The predicted molar refractivity (Wildman–Crippen MR) is 67.1 cm³/mol. The Kier molecular flexibility index (Phi) is 3.30. The third-order valence-electron chi connectivity index (χ3n) is 3.33. The molecule has 0 unspecified atom stereocenters. The SMILES string of the molecule is NC(=O)C1(c2ccc(Br)cc2)CCNCC1. The molecule has 86 valence electrons. The normalized spacial score (nSPS) is 19.3. The van der Waals surface area contributed by atoms with Crippen LogP contribution in [0.3, 0.4) is 0 Å². The highest BCUT2D eigenvalue weighted by atomic mass is 79.9. The molecule has 1 saturated heterocycles. The Morgan fingerprint density at radius 2 is 1.81 bits per heavy atom. The molecule has 1 amide bonds. The average molecular weight is 283 g/mol. The number of rotatable bonds is 2. The molecule has 1 heterocycles. The summed E-state index contributed by atoms with van der Waals surface area (Å²) in [5.41, 5.74) is 6.15. The zero-order valence-electron chi connectivity index (χ0n) is 9.00. The van der Waals surface area contributed by atoms with Gasteiger partial charge in [0.15, 0.2) is 0 Å². The molecule has 3 nitrogen and oxygen atoms in total. The smallest absolute Gasteiger partial charge is 0.228 e. The van der Waals surface area contributed by atoms with Gasteiger partial charge < -0.3 is 11.1 Å². The van der Waals surface area contributed by atoms with Gasteiger partial charge in [-0.05, 0) is 43.6 Å². The minimum Gasteiger partial charge on any atom is -0.369 e. The highest BCUT2D eigenvalue weighted by molar-refractivity contribution is 9.10. The molecule has 3 N–H and O–H groups in total. The van der Waals surface area contributed by atoms with Crippen LogP contribution in [0.15, 0.2) is 28.7 Å². The van der Waals surface area contributed by atoms with E-state index in [0.717, 1.165) is 36.0 Å². The van der Waals surface area contributed by atoms with Crippen LogP contribution in [0.25, 0.3) is 0 Å². The van der Waals surface area contributed by atoms with E-state index in [1.165, 1.54) is 0 Å². The number of carbonyl (C=O) groups excluding carboxylic acids is 1. The molecule has 1 aromatic rings. The summed E-state index contributed by atoms with van der Waals surface area (Å²) < 4.78 is 1.02. The number of benzene rings is 1. The van der Waals surface area contributed by atoms with E-state index in [1.807, 2.05) is 24.3 Å². The number of hydrogen-bond acceptors (Lipinski definition) is 2. The summed E-state index contributed by atoms with van der Waals surface area (Å²) in [7, 11) is 0. The van der Waals surface area contributed by atoms with Gasteiger partial charge in [0, 0.05) is 4.47 Å². The second-order valence-electron chi connectivity index (χ2n) is 4.20. The van der Waals surface area contributed by atoms with E-state index >= 15 is 0 Å². The van der Waals surface area contributed by atoms with Gasteiger partial charge in [0.25, 0.3) is 0 Å². The zero-order valence-corrected chi connectivity index (χ0v) is 10.6. The third-order valence-corrected chi connectivity index (χ3v) is 3.85. The first-order chi connectivity index (χ1) is 7.65. The molecule has 4 heteroatoms. The lowest BCUT2D eigenvalue weighted by atomic mass is 9.72. The van der Waals surface area contributed by atoms with Crippen LogP contribution in [0.5, 0.6) is 0 Å². The molecule has 0 bridgehead atoms. The van der Waals surface area contributed by atoms with Crippen LogP contribution in [0.4, 0.5) is 0 Å². The Balaban J connectivity index is 2.38.